The summed E-state index contributed by atoms with van der Waals surface area (Å²) in [6.45, 7) is 9.08. The lowest BCUT2D eigenvalue weighted by atomic mass is 10.2. The predicted molar refractivity (Wildman–Crippen MR) is 47.4 cm³/mol. The van der Waals surface area contributed by atoms with Crippen LogP contribution in [-0.2, 0) is 0 Å². The minimum absolute atomic E-state index is 0.691. The lowest BCUT2D eigenvalue weighted by Gasteiger charge is -1.95. The maximum Gasteiger partial charge on any atom is 0.0408 e. The molecule has 59 valence electrons. The fraction of sp³-hybridized carbons (Fsp3) is 0.778. The Hall–Kier alpha value is -0.330. The van der Waals surface area contributed by atoms with E-state index in [4.69, 9.17) is 0 Å². The number of unbranched alkanes of at least 4 members (excludes halogenated alkanes) is 2. The molecular weight excluding hydrogens is 122 g/mol. The quantitative estimate of drug-likeness (QED) is 0.411. The van der Waals surface area contributed by atoms with Crippen LogP contribution in [0.1, 0.15) is 33.1 Å². The van der Waals surface area contributed by atoms with Crippen LogP contribution in [0.25, 0.3) is 0 Å². The smallest absolute Gasteiger partial charge is 0.0408 e. The molecular formula is C9H18N. The molecule has 0 N–H and O–H groups in total. The molecule has 10 heavy (non-hydrogen) atoms. The van der Waals surface area contributed by atoms with Gasteiger partial charge in [0.05, 0.1) is 0 Å². The van der Waals surface area contributed by atoms with Crippen molar-refractivity contribution in [3.8, 4) is 0 Å². The largest absolute Gasteiger partial charge is 0.297 e. The van der Waals surface area contributed by atoms with Gasteiger partial charge in [-0.25, -0.2) is 0 Å². The van der Waals surface area contributed by atoms with E-state index in [1.165, 1.54) is 6.42 Å². The minimum Gasteiger partial charge on any atom is -0.297 e. The molecule has 1 radical (unpaired) electrons. The highest BCUT2D eigenvalue weighted by Gasteiger charge is 1.86. The summed E-state index contributed by atoms with van der Waals surface area (Å²) in [5.41, 5.74) is 0. The maximum absolute atomic E-state index is 4.26. The SMILES string of the molecule is [CH2]CCCC=NCC(C)C. The van der Waals surface area contributed by atoms with Crippen molar-refractivity contribution < 1.29 is 0 Å². The molecule has 0 aromatic rings. The predicted octanol–water partition coefficient (Wildman–Crippen LogP) is 2.72. The highest BCUT2D eigenvalue weighted by molar-refractivity contribution is 5.56. The molecule has 0 atom stereocenters. The van der Waals surface area contributed by atoms with Gasteiger partial charge in [0.2, 0.25) is 0 Å². The Labute approximate surface area is 64.6 Å². The molecule has 0 saturated heterocycles. The summed E-state index contributed by atoms with van der Waals surface area (Å²) in [5.74, 6) is 0.691. The molecule has 1 nitrogen and oxygen atoms in total. The summed E-state index contributed by atoms with van der Waals surface area (Å²) in [7, 11) is 0. The van der Waals surface area contributed by atoms with E-state index >= 15 is 0 Å². The zero-order valence-electron chi connectivity index (χ0n) is 7.14. The summed E-state index contributed by atoms with van der Waals surface area (Å²) >= 11 is 0. The van der Waals surface area contributed by atoms with Crippen LogP contribution in [0.5, 0.6) is 0 Å². The third-order valence-electron chi connectivity index (χ3n) is 1.18. The van der Waals surface area contributed by atoms with Crippen molar-refractivity contribution in [3.63, 3.8) is 0 Å². The fourth-order valence-electron chi connectivity index (χ4n) is 0.612. The van der Waals surface area contributed by atoms with Gasteiger partial charge in [-0.05, 0) is 25.0 Å². The summed E-state index contributed by atoms with van der Waals surface area (Å²) in [6.07, 6.45) is 5.30. The average Bonchev–Trinajstić information content (AvgIpc) is 1.87. The lowest BCUT2D eigenvalue weighted by Crippen LogP contribution is -1.91. The normalized spacial score (nSPS) is 11.6. The topological polar surface area (TPSA) is 12.4 Å². The van der Waals surface area contributed by atoms with Gasteiger partial charge < -0.3 is 0 Å². The average molecular weight is 140 g/mol. The molecule has 0 fully saturated rings. The Morgan fingerprint density at radius 1 is 1.50 bits per heavy atom. The van der Waals surface area contributed by atoms with E-state index in [1.807, 2.05) is 6.21 Å². The second-order valence-corrected chi connectivity index (χ2v) is 2.94. The standard InChI is InChI=1S/C9H18N/c1-4-5-6-7-10-8-9(2)3/h7,9H,1,4-6,8H2,2-3H3. The molecule has 0 unspecified atom stereocenters. The van der Waals surface area contributed by atoms with Crippen LogP contribution in [0.15, 0.2) is 4.99 Å². The van der Waals surface area contributed by atoms with Gasteiger partial charge in [-0.1, -0.05) is 27.2 Å². The van der Waals surface area contributed by atoms with Gasteiger partial charge >= 0.3 is 0 Å². The summed E-state index contributed by atoms with van der Waals surface area (Å²) in [4.78, 5) is 4.26. The van der Waals surface area contributed by atoms with Crippen molar-refractivity contribution in [1.29, 1.82) is 0 Å². The maximum atomic E-state index is 4.26. The monoisotopic (exact) mass is 140 g/mol. The molecule has 0 rings (SSSR count). The number of rotatable bonds is 5. The molecule has 0 aliphatic carbocycles. The lowest BCUT2D eigenvalue weighted by molar-refractivity contribution is 0.665. The van der Waals surface area contributed by atoms with Crippen LogP contribution in [0.3, 0.4) is 0 Å². The first-order chi connectivity index (χ1) is 4.77. The van der Waals surface area contributed by atoms with Crippen LogP contribution < -0.4 is 0 Å². The van der Waals surface area contributed by atoms with Gasteiger partial charge in [0, 0.05) is 6.54 Å². The number of hydrogen-bond acceptors (Lipinski definition) is 1. The van der Waals surface area contributed by atoms with E-state index in [-0.39, 0.29) is 0 Å². The number of aliphatic imine (C=N–C) groups is 1. The van der Waals surface area contributed by atoms with Gasteiger partial charge in [-0.2, -0.15) is 0 Å². The molecule has 0 spiro atoms. The first-order valence-corrected chi connectivity index (χ1v) is 4.05. The van der Waals surface area contributed by atoms with E-state index in [2.05, 4.69) is 25.8 Å². The van der Waals surface area contributed by atoms with E-state index in [0.29, 0.717) is 5.92 Å². The molecule has 0 aromatic carbocycles. The second kappa shape index (κ2) is 6.79. The minimum atomic E-state index is 0.691. The van der Waals surface area contributed by atoms with Crippen molar-refractivity contribution in [1.82, 2.24) is 0 Å². The van der Waals surface area contributed by atoms with Crippen molar-refractivity contribution in [3.05, 3.63) is 6.92 Å². The zero-order chi connectivity index (χ0) is 7.82. The Morgan fingerprint density at radius 2 is 2.20 bits per heavy atom. The Kier molecular flexibility index (Phi) is 6.56. The van der Waals surface area contributed by atoms with Gasteiger partial charge in [-0.15, -0.1) is 0 Å². The third kappa shape index (κ3) is 7.67. The van der Waals surface area contributed by atoms with Crippen molar-refractivity contribution in [2.24, 2.45) is 10.9 Å². The van der Waals surface area contributed by atoms with Crippen LogP contribution in [-0.4, -0.2) is 12.8 Å². The van der Waals surface area contributed by atoms with Gasteiger partial charge in [-0.3, -0.25) is 4.99 Å². The Balaban J connectivity index is 3.04. The molecule has 0 bridgehead atoms. The Morgan fingerprint density at radius 3 is 2.70 bits per heavy atom. The third-order valence-corrected chi connectivity index (χ3v) is 1.18. The van der Waals surface area contributed by atoms with Crippen LogP contribution >= 0.6 is 0 Å². The van der Waals surface area contributed by atoms with Crippen LogP contribution in [0.4, 0.5) is 0 Å². The highest BCUT2D eigenvalue weighted by Crippen LogP contribution is 1.93. The Bertz CT molecular complexity index is 84.7. The number of nitrogens with zero attached hydrogens (tertiary/aromatic N) is 1. The van der Waals surface area contributed by atoms with Crippen molar-refractivity contribution in [2.75, 3.05) is 6.54 Å². The summed E-state index contributed by atoms with van der Waals surface area (Å²) < 4.78 is 0. The molecule has 0 aliphatic rings. The second-order valence-electron chi connectivity index (χ2n) is 2.94. The zero-order valence-corrected chi connectivity index (χ0v) is 7.14. The first-order valence-electron chi connectivity index (χ1n) is 4.05. The van der Waals surface area contributed by atoms with E-state index in [9.17, 15) is 0 Å². The molecule has 0 saturated carbocycles. The fourth-order valence-corrected chi connectivity index (χ4v) is 0.612. The van der Waals surface area contributed by atoms with Crippen LogP contribution in [0.2, 0.25) is 0 Å². The number of hydrogen-bond donors (Lipinski definition) is 0. The molecule has 0 aliphatic heterocycles. The van der Waals surface area contributed by atoms with Crippen molar-refractivity contribution >= 4 is 6.21 Å². The van der Waals surface area contributed by atoms with E-state index < -0.39 is 0 Å². The van der Waals surface area contributed by atoms with E-state index in [0.717, 1.165) is 19.4 Å². The molecule has 0 heterocycles. The molecule has 0 amide bonds. The van der Waals surface area contributed by atoms with Gasteiger partial charge in [0.15, 0.2) is 0 Å². The molecule has 0 aromatic heterocycles. The van der Waals surface area contributed by atoms with Gasteiger partial charge in [0.1, 0.15) is 0 Å². The van der Waals surface area contributed by atoms with Gasteiger partial charge in [0.25, 0.3) is 0 Å². The van der Waals surface area contributed by atoms with Crippen LogP contribution in [0, 0.1) is 12.8 Å². The van der Waals surface area contributed by atoms with Crippen molar-refractivity contribution in [2.45, 2.75) is 33.1 Å². The highest BCUT2D eigenvalue weighted by atomic mass is 14.7. The van der Waals surface area contributed by atoms with E-state index in [1.54, 1.807) is 0 Å². The summed E-state index contributed by atoms with van der Waals surface area (Å²) in [5, 5.41) is 0. The first kappa shape index (κ1) is 9.67. The molecule has 1 heteroatoms. The summed E-state index contributed by atoms with van der Waals surface area (Å²) in [6, 6.07) is 0.